The standard InChI is InChI=1S/C23H29NO5/c1-15-7-9-16(10-8-15)21(24-11-5-6-17(14-24)23(25)26)18-12-19(27-2)22(29-4)20(13-18)28-3/h7-10,12-13,17,21H,5-6,11,14H2,1-4H3,(H,25,26). The van der Waals surface area contributed by atoms with Gasteiger partial charge in [-0.2, -0.15) is 0 Å². The van der Waals surface area contributed by atoms with Crippen molar-refractivity contribution < 1.29 is 24.1 Å². The van der Waals surface area contributed by atoms with Crippen molar-refractivity contribution in [2.24, 2.45) is 5.92 Å². The normalized spacial score (nSPS) is 18.1. The average molecular weight is 399 g/mol. The van der Waals surface area contributed by atoms with E-state index in [1.54, 1.807) is 21.3 Å². The zero-order valence-electron chi connectivity index (χ0n) is 17.5. The molecule has 3 rings (SSSR count). The van der Waals surface area contributed by atoms with Crippen molar-refractivity contribution in [3.63, 3.8) is 0 Å². The summed E-state index contributed by atoms with van der Waals surface area (Å²) < 4.78 is 16.6. The minimum atomic E-state index is -0.734. The van der Waals surface area contributed by atoms with Crippen LogP contribution in [0.2, 0.25) is 0 Å². The fourth-order valence-corrected chi connectivity index (χ4v) is 4.06. The van der Waals surface area contributed by atoms with E-state index in [4.69, 9.17) is 14.2 Å². The number of likely N-dealkylation sites (tertiary alicyclic amines) is 1. The first-order chi connectivity index (χ1) is 14.0. The molecule has 29 heavy (non-hydrogen) atoms. The molecule has 0 aliphatic carbocycles. The van der Waals surface area contributed by atoms with Crippen LogP contribution in [0.1, 0.15) is 35.6 Å². The highest BCUT2D eigenvalue weighted by Crippen LogP contribution is 2.43. The summed E-state index contributed by atoms with van der Waals surface area (Å²) in [7, 11) is 4.78. The number of methoxy groups -OCH3 is 3. The summed E-state index contributed by atoms with van der Waals surface area (Å²) in [6.45, 7) is 3.39. The number of hydrogen-bond acceptors (Lipinski definition) is 5. The molecule has 1 aliphatic heterocycles. The molecule has 1 N–H and O–H groups in total. The van der Waals surface area contributed by atoms with E-state index < -0.39 is 5.97 Å². The van der Waals surface area contributed by atoms with Gasteiger partial charge in [0, 0.05) is 6.54 Å². The van der Waals surface area contributed by atoms with Gasteiger partial charge < -0.3 is 19.3 Å². The molecule has 0 amide bonds. The first-order valence-electron chi connectivity index (χ1n) is 9.81. The van der Waals surface area contributed by atoms with E-state index in [-0.39, 0.29) is 12.0 Å². The molecule has 1 fully saturated rings. The molecule has 1 aliphatic rings. The smallest absolute Gasteiger partial charge is 0.307 e. The SMILES string of the molecule is COc1cc(C(c2ccc(C)cc2)N2CCCC(C(=O)O)C2)cc(OC)c1OC. The molecule has 2 aromatic carbocycles. The molecular weight excluding hydrogens is 370 g/mol. The van der Waals surface area contributed by atoms with E-state index in [1.807, 2.05) is 12.1 Å². The van der Waals surface area contributed by atoms with Crippen molar-refractivity contribution in [1.82, 2.24) is 4.90 Å². The molecule has 0 saturated carbocycles. The number of rotatable bonds is 7. The van der Waals surface area contributed by atoms with E-state index in [1.165, 1.54) is 5.56 Å². The Hall–Kier alpha value is -2.73. The topological polar surface area (TPSA) is 68.2 Å². The van der Waals surface area contributed by atoms with Gasteiger partial charge in [0.05, 0.1) is 33.3 Å². The number of ether oxygens (including phenoxy) is 3. The summed E-state index contributed by atoms with van der Waals surface area (Å²) >= 11 is 0. The number of carbonyl (C=O) groups is 1. The Morgan fingerprint density at radius 2 is 1.66 bits per heavy atom. The Morgan fingerprint density at radius 1 is 1.03 bits per heavy atom. The Kier molecular flexibility index (Phi) is 6.64. The minimum Gasteiger partial charge on any atom is -0.493 e. The third-order valence-corrected chi connectivity index (χ3v) is 5.56. The first-order valence-corrected chi connectivity index (χ1v) is 9.81. The van der Waals surface area contributed by atoms with Crippen molar-refractivity contribution in [3.8, 4) is 17.2 Å². The van der Waals surface area contributed by atoms with Crippen molar-refractivity contribution in [2.75, 3.05) is 34.4 Å². The third-order valence-electron chi connectivity index (χ3n) is 5.56. The van der Waals surface area contributed by atoms with Crippen LogP contribution >= 0.6 is 0 Å². The monoisotopic (exact) mass is 399 g/mol. The molecule has 1 heterocycles. The van der Waals surface area contributed by atoms with E-state index in [9.17, 15) is 9.90 Å². The van der Waals surface area contributed by atoms with Gasteiger partial charge in [0.1, 0.15) is 0 Å². The van der Waals surface area contributed by atoms with Crippen LogP contribution in [0.3, 0.4) is 0 Å². The predicted octanol–water partition coefficient (Wildman–Crippen LogP) is 3.91. The van der Waals surface area contributed by atoms with Crippen molar-refractivity contribution >= 4 is 5.97 Å². The molecule has 2 unspecified atom stereocenters. The highest BCUT2D eigenvalue weighted by Gasteiger charge is 2.32. The molecule has 0 bridgehead atoms. The van der Waals surface area contributed by atoms with E-state index in [0.29, 0.717) is 30.2 Å². The van der Waals surface area contributed by atoms with E-state index in [2.05, 4.69) is 36.1 Å². The second-order valence-corrected chi connectivity index (χ2v) is 7.44. The molecule has 0 radical (unpaired) electrons. The molecule has 6 heteroatoms. The second kappa shape index (κ2) is 9.18. The van der Waals surface area contributed by atoms with Crippen LogP contribution in [0.25, 0.3) is 0 Å². The van der Waals surface area contributed by atoms with Gasteiger partial charge in [-0.3, -0.25) is 9.69 Å². The lowest BCUT2D eigenvalue weighted by Gasteiger charge is -2.38. The summed E-state index contributed by atoms with van der Waals surface area (Å²) in [5, 5.41) is 9.56. The highest BCUT2D eigenvalue weighted by atomic mass is 16.5. The number of carboxylic acids is 1. The third kappa shape index (κ3) is 4.48. The van der Waals surface area contributed by atoms with Gasteiger partial charge in [-0.1, -0.05) is 29.8 Å². The van der Waals surface area contributed by atoms with Gasteiger partial charge in [0.2, 0.25) is 5.75 Å². The highest BCUT2D eigenvalue weighted by molar-refractivity contribution is 5.70. The number of carboxylic acid groups (broad SMARTS) is 1. The molecule has 1 saturated heterocycles. The number of piperidine rings is 1. The van der Waals surface area contributed by atoms with Crippen LogP contribution in [0.4, 0.5) is 0 Å². The number of aryl methyl sites for hydroxylation is 1. The number of aliphatic carboxylic acids is 1. The summed E-state index contributed by atoms with van der Waals surface area (Å²) in [6.07, 6.45) is 1.56. The van der Waals surface area contributed by atoms with Crippen LogP contribution in [0.5, 0.6) is 17.2 Å². The number of nitrogens with zero attached hydrogens (tertiary/aromatic N) is 1. The molecule has 0 aromatic heterocycles. The average Bonchev–Trinajstić information content (AvgIpc) is 2.74. The maximum atomic E-state index is 11.6. The lowest BCUT2D eigenvalue weighted by molar-refractivity contribution is -0.143. The number of benzene rings is 2. The summed E-state index contributed by atoms with van der Waals surface area (Å²) in [5.41, 5.74) is 3.27. The number of hydrogen-bond donors (Lipinski definition) is 1. The summed E-state index contributed by atoms with van der Waals surface area (Å²) in [5.74, 6) is 0.626. The predicted molar refractivity (Wildman–Crippen MR) is 111 cm³/mol. The van der Waals surface area contributed by atoms with Gasteiger partial charge in [-0.05, 0) is 49.6 Å². The molecule has 2 atom stereocenters. The molecule has 0 spiro atoms. The van der Waals surface area contributed by atoms with Crippen molar-refractivity contribution in [2.45, 2.75) is 25.8 Å². The minimum absolute atomic E-state index is 0.105. The maximum Gasteiger partial charge on any atom is 0.307 e. The fraction of sp³-hybridized carbons (Fsp3) is 0.435. The van der Waals surface area contributed by atoms with Gasteiger partial charge in [-0.25, -0.2) is 0 Å². The van der Waals surface area contributed by atoms with Crippen molar-refractivity contribution in [1.29, 1.82) is 0 Å². The van der Waals surface area contributed by atoms with E-state index >= 15 is 0 Å². The zero-order chi connectivity index (χ0) is 21.0. The first kappa shape index (κ1) is 21.0. The van der Waals surface area contributed by atoms with Crippen molar-refractivity contribution in [3.05, 3.63) is 53.1 Å². The van der Waals surface area contributed by atoms with Crippen LogP contribution in [-0.2, 0) is 4.79 Å². The molecule has 2 aromatic rings. The van der Waals surface area contributed by atoms with Gasteiger partial charge in [0.25, 0.3) is 0 Å². The molecular formula is C23H29NO5. The zero-order valence-corrected chi connectivity index (χ0v) is 17.5. The van der Waals surface area contributed by atoms with Crippen LogP contribution in [0.15, 0.2) is 36.4 Å². The lowest BCUT2D eigenvalue weighted by Crippen LogP contribution is -2.41. The van der Waals surface area contributed by atoms with Gasteiger partial charge in [0.15, 0.2) is 11.5 Å². The van der Waals surface area contributed by atoms with Crippen LogP contribution in [-0.4, -0.2) is 50.4 Å². The largest absolute Gasteiger partial charge is 0.493 e. The quantitative estimate of drug-likeness (QED) is 0.761. The maximum absolute atomic E-state index is 11.6. The summed E-state index contributed by atoms with van der Waals surface area (Å²) in [4.78, 5) is 13.9. The van der Waals surface area contributed by atoms with E-state index in [0.717, 1.165) is 24.1 Å². The van der Waals surface area contributed by atoms with Gasteiger partial charge in [-0.15, -0.1) is 0 Å². The fourth-order valence-electron chi connectivity index (χ4n) is 4.06. The Morgan fingerprint density at radius 3 is 2.17 bits per heavy atom. The second-order valence-electron chi connectivity index (χ2n) is 7.44. The Bertz CT molecular complexity index is 824. The molecule has 156 valence electrons. The summed E-state index contributed by atoms with van der Waals surface area (Å²) in [6, 6.07) is 12.2. The Labute approximate surface area is 172 Å². The Balaban J connectivity index is 2.10. The van der Waals surface area contributed by atoms with Crippen LogP contribution < -0.4 is 14.2 Å². The van der Waals surface area contributed by atoms with Gasteiger partial charge >= 0.3 is 5.97 Å². The molecule has 6 nitrogen and oxygen atoms in total. The van der Waals surface area contributed by atoms with Crippen LogP contribution in [0, 0.1) is 12.8 Å². The lowest BCUT2D eigenvalue weighted by atomic mass is 9.91.